The number of thioether (sulfide) groups is 1. The van der Waals surface area contributed by atoms with E-state index in [9.17, 15) is 14.9 Å². The first-order valence-corrected chi connectivity index (χ1v) is 8.39. The van der Waals surface area contributed by atoms with Crippen LogP contribution in [-0.4, -0.2) is 30.2 Å². The second-order valence-corrected chi connectivity index (χ2v) is 6.08. The number of methoxy groups -OCH3 is 1. The Morgan fingerprint density at radius 3 is 2.67 bits per heavy atom. The number of amides is 1. The molecule has 0 bridgehead atoms. The quantitative estimate of drug-likeness (QED) is 0.342. The van der Waals surface area contributed by atoms with Crippen LogP contribution in [0.4, 0.5) is 5.69 Å². The largest absolute Gasteiger partial charge is 0.490 e. The minimum Gasteiger partial charge on any atom is -0.490 e. The molecule has 0 atom stereocenters. The lowest BCUT2D eigenvalue weighted by molar-refractivity contribution is -0.385. The number of carbonyl (C=O) groups excluding carboxylic acids is 1. The molecule has 6 nitrogen and oxygen atoms in total. The van der Waals surface area contributed by atoms with Crippen LogP contribution in [0.15, 0.2) is 53.4 Å². The molecule has 0 aliphatic heterocycles. The number of hydrogen-bond donors (Lipinski definition) is 1. The van der Waals surface area contributed by atoms with E-state index in [1.165, 1.54) is 30.2 Å². The van der Waals surface area contributed by atoms with Crippen LogP contribution in [-0.2, 0) is 0 Å². The zero-order chi connectivity index (χ0) is 17.4. The molecular formula is C17H18N2O4S. The molecule has 0 radical (unpaired) electrons. The Hall–Kier alpha value is -2.54. The van der Waals surface area contributed by atoms with Crippen molar-refractivity contribution in [2.45, 2.75) is 11.3 Å². The molecule has 0 saturated heterocycles. The summed E-state index contributed by atoms with van der Waals surface area (Å²) in [6, 6.07) is 14.2. The number of hydrogen-bond acceptors (Lipinski definition) is 5. The molecule has 0 aliphatic carbocycles. The van der Waals surface area contributed by atoms with Gasteiger partial charge in [0.1, 0.15) is 0 Å². The van der Waals surface area contributed by atoms with Crippen LogP contribution in [0.5, 0.6) is 5.75 Å². The number of rotatable bonds is 8. The van der Waals surface area contributed by atoms with E-state index in [0.29, 0.717) is 6.54 Å². The molecule has 2 aromatic rings. The highest BCUT2D eigenvalue weighted by atomic mass is 32.2. The maximum absolute atomic E-state index is 12.1. The summed E-state index contributed by atoms with van der Waals surface area (Å²) < 4.78 is 4.92. The molecule has 0 heterocycles. The van der Waals surface area contributed by atoms with E-state index in [-0.39, 0.29) is 22.9 Å². The van der Waals surface area contributed by atoms with Crippen molar-refractivity contribution in [2.24, 2.45) is 0 Å². The first-order chi connectivity index (χ1) is 11.6. The third-order valence-electron chi connectivity index (χ3n) is 3.26. The van der Waals surface area contributed by atoms with Gasteiger partial charge in [0, 0.05) is 23.1 Å². The van der Waals surface area contributed by atoms with Crippen LogP contribution in [0, 0.1) is 10.1 Å². The monoisotopic (exact) mass is 346 g/mol. The third-order valence-corrected chi connectivity index (χ3v) is 4.35. The van der Waals surface area contributed by atoms with Crippen molar-refractivity contribution in [1.29, 1.82) is 0 Å². The standard InChI is InChI=1S/C17H18N2O4S/c1-23-16-9-8-13(12-15(16)19(21)22)17(20)18-10-5-11-24-14-6-3-2-4-7-14/h2-4,6-9,12H,5,10-11H2,1H3,(H,18,20). The Labute approximate surface area is 144 Å². The molecule has 126 valence electrons. The van der Waals surface area contributed by atoms with Crippen LogP contribution < -0.4 is 10.1 Å². The summed E-state index contributed by atoms with van der Waals surface area (Å²) in [4.78, 5) is 23.7. The van der Waals surface area contributed by atoms with Crippen LogP contribution in [0.1, 0.15) is 16.8 Å². The first kappa shape index (κ1) is 17.8. The van der Waals surface area contributed by atoms with Crippen molar-refractivity contribution < 1.29 is 14.5 Å². The summed E-state index contributed by atoms with van der Waals surface area (Å²) in [5.41, 5.74) is 0.0306. The molecule has 24 heavy (non-hydrogen) atoms. The van der Waals surface area contributed by atoms with Crippen LogP contribution in [0.3, 0.4) is 0 Å². The number of nitro benzene ring substituents is 1. The van der Waals surface area contributed by atoms with Gasteiger partial charge in [-0.05, 0) is 36.4 Å². The van der Waals surface area contributed by atoms with Gasteiger partial charge in [-0.2, -0.15) is 0 Å². The Balaban J connectivity index is 1.82. The lowest BCUT2D eigenvalue weighted by atomic mass is 10.1. The van der Waals surface area contributed by atoms with E-state index in [1.54, 1.807) is 11.8 Å². The van der Waals surface area contributed by atoms with Crippen LogP contribution in [0.2, 0.25) is 0 Å². The highest BCUT2D eigenvalue weighted by Gasteiger charge is 2.17. The molecule has 0 spiro atoms. The normalized spacial score (nSPS) is 10.2. The number of nitrogens with zero attached hydrogens (tertiary/aromatic N) is 1. The summed E-state index contributed by atoms with van der Waals surface area (Å²) in [5.74, 6) is 0.689. The van der Waals surface area contributed by atoms with Gasteiger partial charge in [0.2, 0.25) is 0 Å². The van der Waals surface area contributed by atoms with Crippen molar-refractivity contribution in [3.8, 4) is 5.75 Å². The number of nitro groups is 1. The maximum Gasteiger partial charge on any atom is 0.311 e. The SMILES string of the molecule is COc1ccc(C(=O)NCCCSc2ccccc2)cc1[N+](=O)[O-]. The Morgan fingerprint density at radius 2 is 2.00 bits per heavy atom. The molecule has 0 aliphatic rings. The summed E-state index contributed by atoms with van der Waals surface area (Å²) in [6.45, 7) is 0.512. The predicted octanol–water partition coefficient (Wildman–Crippen LogP) is 3.52. The van der Waals surface area contributed by atoms with Crippen molar-refractivity contribution >= 4 is 23.4 Å². The number of nitrogens with one attached hydrogen (secondary N) is 1. The minimum absolute atomic E-state index is 0.135. The smallest absolute Gasteiger partial charge is 0.311 e. The highest BCUT2D eigenvalue weighted by molar-refractivity contribution is 7.99. The summed E-state index contributed by atoms with van der Waals surface area (Å²) in [6.07, 6.45) is 0.809. The zero-order valence-electron chi connectivity index (χ0n) is 13.2. The van der Waals surface area contributed by atoms with E-state index in [0.717, 1.165) is 12.2 Å². The second-order valence-electron chi connectivity index (χ2n) is 4.91. The minimum atomic E-state index is -0.563. The molecule has 7 heteroatoms. The first-order valence-electron chi connectivity index (χ1n) is 7.40. The van der Waals surface area contributed by atoms with E-state index >= 15 is 0 Å². The van der Waals surface area contributed by atoms with Gasteiger partial charge in [-0.3, -0.25) is 14.9 Å². The molecule has 2 aromatic carbocycles. The molecule has 0 aromatic heterocycles. The second kappa shape index (κ2) is 8.93. The maximum atomic E-state index is 12.1. The fraction of sp³-hybridized carbons (Fsp3) is 0.235. The van der Waals surface area contributed by atoms with Crippen molar-refractivity contribution in [3.63, 3.8) is 0 Å². The number of benzene rings is 2. The average Bonchev–Trinajstić information content (AvgIpc) is 2.61. The third kappa shape index (κ3) is 4.99. The Morgan fingerprint density at radius 1 is 1.25 bits per heavy atom. The van der Waals surface area contributed by atoms with Gasteiger partial charge in [0.25, 0.3) is 5.91 Å². The van der Waals surface area contributed by atoms with E-state index < -0.39 is 4.92 Å². The van der Waals surface area contributed by atoms with Gasteiger partial charge in [-0.1, -0.05) is 18.2 Å². The van der Waals surface area contributed by atoms with Crippen LogP contribution >= 0.6 is 11.8 Å². The topological polar surface area (TPSA) is 81.5 Å². The molecule has 0 saturated carbocycles. The lowest BCUT2D eigenvalue weighted by Crippen LogP contribution is -2.24. The number of carbonyl (C=O) groups is 1. The van der Waals surface area contributed by atoms with E-state index in [4.69, 9.17) is 4.74 Å². The van der Waals surface area contributed by atoms with Gasteiger partial charge < -0.3 is 10.1 Å². The van der Waals surface area contributed by atoms with Gasteiger partial charge in [0.05, 0.1) is 12.0 Å². The fourth-order valence-corrected chi connectivity index (χ4v) is 2.93. The van der Waals surface area contributed by atoms with Gasteiger partial charge in [-0.25, -0.2) is 0 Å². The van der Waals surface area contributed by atoms with Gasteiger partial charge in [-0.15, -0.1) is 11.8 Å². The molecular weight excluding hydrogens is 328 g/mol. The summed E-state index contributed by atoms with van der Waals surface area (Å²) in [5, 5.41) is 13.8. The van der Waals surface area contributed by atoms with Crippen LogP contribution in [0.25, 0.3) is 0 Å². The molecule has 0 unspecified atom stereocenters. The Bertz CT molecular complexity index is 707. The van der Waals surface area contributed by atoms with Crippen molar-refractivity contribution in [3.05, 3.63) is 64.2 Å². The number of ether oxygens (including phenoxy) is 1. The van der Waals surface area contributed by atoms with E-state index in [1.807, 2.05) is 30.3 Å². The van der Waals surface area contributed by atoms with Crippen molar-refractivity contribution in [2.75, 3.05) is 19.4 Å². The molecule has 1 N–H and O–H groups in total. The highest BCUT2D eigenvalue weighted by Crippen LogP contribution is 2.27. The van der Waals surface area contributed by atoms with Crippen molar-refractivity contribution in [1.82, 2.24) is 5.32 Å². The fourth-order valence-electron chi connectivity index (χ4n) is 2.06. The molecule has 2 rings (SSSR count). The predicted molar refractivity (Wildman–Crippen MR) is 93.8 cm³/mol. The lowest BCUT2D eigenvalue weighted by Gasteiger charge is -2.07. The zero-order valence-corrected chi connectivity index (χ0v) is 14.0. The molecule has 1 amide bonds. The molecule has 0 fully saturated rings. The van der Waals surface area contributed by atoms with E-state index in [2.05, 4.69) is 5.32 Å². The summed E-state index contributed by atoms with van der Waals surface area (Å²) in [7, 11) is 1.35. The summed E-state index contributed by atoms with van der Waals surface area (Å²) >= 11 is 1.72. The van der Waals surface area contributed by atoms with Gasteiger partial charge >= 0.3 is 5.69 Å². The average molecular weight is 346 g/mol. The van der Waals surface area contributed by atoms with Gasteiger partial charge in [0.15, 0.2) is 5.75 Å². The Kier molecular flexibility index (Phi) is 6.62.